The maximum atomic E-state index is 12.4. The van der Waals surface area contributed by atoms with Crippen molar-refractivity contribution < 1.29 is 4.79 Å². The zero-order valence-corrected chi connectivity index (χ0v) is 12.9. The maximum Gasteiger partial charge on any atom is 0.233 e. The first kappa shape index (κ1) is 14.4. The second kappa shape index (κ2) is 6.00. The van der Waals surface area contributed by atoms with Crippen LogP contribution in [0.2, 0.25) is 0 Å². The summed E-state index contributed by atoms with van der Waals surface area (Å²) in [4.78, 5) is 14.4. The minimum absolute atomic E-state index is 0.150. The molecular formula is C16H23NOS. The molecule has 1 aliphatic rings. The van der Waals surface area contributed by atoms with Gasteiger partial charge in [-0.3, -0.25) is 4.79 Å². The number of hydrogen-bond acceptors (Lipinski definition) is 2. The van der Waals surface area contributed by atoms with Gasteiger partial charge in [0.1, 0.15) is 0 Å². The molecule has 1 amide bonds. The third kappa shape index (κ3) is 4.00. The van der Waals surface area contributed by atoms with Crippen molar-refractivity contribution in [2.45, 2.75) is 44.4 Å². The van der Waals surface area contributed by atoms with Gasteiger partial charge in [-0.05, 0) is 18.4 Å². The van der Waals surface area contributed by atoms with Gasteiger partial charge in [0, 0.05) is 11.3 Å². The molecule has 1 aromatic carbocycles. The van der Waals surface area contributed by atoms with E-state index in [4.69, 9.17) is 0 Å². The van der Waals surface area contributed by atoms with Crippen LogP contribution in [0, 0.1) is 0 Å². The molecule has 0 radical (unpaired) electrons. The summed E-state index contributed by atoms with van der Waals surface area (Å²) in [5.41, 5.74) is 1.27. The van der Waals surface area contributed by atoms with Crippen molar-refractivity contribution >= 4 is 17.7 Å². The summed E-state index contributed by atoms with van der Waals surface area (Å²) in [5, 5.41) is 0. The quantitative estimate of drug-likeness (QED) is 0.835. The summed E-state index contributed by atoms with van der Waals surface area (Å²) < 4.78 is 0.150. The number of hydrogen-bond donors (Lipinski definition) is 0. The highest BCUT2D eigenvalue weighted by Crippen LogP contribution is 2.33. The highest BCUT2D eigenvalue weighted by Gasteiger charge is 2.30. The maximum absolute atomic E-state index is 12.4. The first-order valence-corrected chi connectivity index (χ1v) is 7.94. The van der Waals surface area contributed by atoms with E-state index in [-0.39, 0.29) is 16.7 Å². The molecule has 2 rings (SSSR count). The fourth-order valence-corrected chi connectivity index (χ4v) is 3.17. The summed E-state index contributed by atoms with van der Waals surface area (Å²) in [6.45, 7) is 7.37. The smallest absolute Gasteiger partial charge is 0.233 e. The minimum Gasteiger partial charge on any atom is -0.335 e. The van der Waals surface area contributed by atoms with Crippen LogP contribution in [-0.4, -0.2) is 27.9 Å². The topological polar surface area (TPSA) is 20.3 Å². The molecule has 0 spiro atoms. The van der Waals surface area contributed by atoms with Gasteiger partial charge in [0.2, 0.25) is 5.91 Å². The number of carbonyl (C=O) groups is 1. The van der Waals surface area contributed by atoms with Crippen LogP contribution in [-0.2, 0) is 4.79 Å². The Balaban J connectivity index is 2.01. The average Bonchev–Trinajstić information content (AvgIpc) is 2.85. The van der Waals surface area contributed by atoms with E-state index in [1.165, 1.54) is 5.56 Å². The van der Waals surface area contributed by atoms with Crippen LogP contribution in [0.3, 0.4) is 0 Å². The van der Waals surface area contributed by atoms with Gasteiger partial charge >= 0.3 is 0 Å². The molecule has 0 aromatic heterocycles. The lowest BCUT2D eigenvalue weighted by molar-refractivity contribution is -0.129. The summed E-state index contributed by atoms with van der Waals surface area (Å²) in [6.07, 6.45) is 2.21. The lowest BCUT2D eigenvalue weighted by Crippen LogP contribution is -2.33. The Bertz CT molecular complexity index is 424. The van der Waals surface area contributed by atoms with Crippen molar-refractivity contribution in [2.75, 3.05) is 12.3 Å². The number of nitrogens with zero attached hydrogens (tertiary/aromatic N) is 1. The zero-order chi connectivity index (χ0) is 13.9. The summed E-state index contributed by atoms with van der Waals surface area (Å²) in [6, 6.07) is 10.7. The molecule has 3 heteroatoms. The van der Waals surface area contributed by atoms with E-state index >= 15 is 0 Å². The van der Waals surface area contributed by atoms with Gasteiger partial charge in [0.15, 0.2) is 0 Å². The van der Waals surface area contributed by atoms with Gasteiger partial charge in [-0.2, -0.15) is 0 Å². The third-order valence-corrected chi connectivity index (χ3v) is 4.64. The molecule has 1 unspecified atom stereocenters. The van der Waals surface area contributed by atoms with Crippen LogP contribution < -0.4 is 0 Å². The van der Waals surface area contributed by atoms with Gasteiger partial charge in [-0.15, -0.1) is 11.8 Å². The Morgan fingerprint density at radius 1 is 1.32 bits per heavy atom. The first-order valence-electron chi connectivity index (χ1n) is 6.96. The van der Waals surface area contributed by atoms with E-state index in [0.717, 1.165) is 19.4 Å². The number of benzene rings is 1. The SMILES string of the molecule is CC(C)(C)SCC(=O)N1CCCC1c1ccccc1. The van der Waals surface area contributed by atoms with Gasteiger partial charge in [-0.25, -0.2) is 0 Å². The number of likely N-dealkylation sites (tertiary alicyclic amines) is 1. The van der Waals surface area contributed by atoms with Crippen molar-refractivity contribution in [3.05, 3.63) is 35.9 Å². The van der Waals surface area contributed by atoms with Gasteiger partial charge in [0.25, 0.3) is 0 Å². The second-order valence-corrected chi connectivity index (χ2v) is 7.86. The minimum atomic E-state index is 0.150. The van der Waals surface area contributed by atoms with Gasteiger partial charge in [0.05, 0.1) is 11.8 Å². The van der Waals surface area contributed by atoms with Crippen molar-refractivity contribution in [1.29, 1.82) is 0 Å². The third-order valence-electron chi connectivity index (χ3n) is 3.39. The monoisotopic (exact) mass is 277 g/mol. The Hall–Kier alpha value is -0.960. The lowest BCUT2D eigenvalue weighted by atomic mass is 10.0. The van der Waals surface area contributed by atoms with Gasteiger partial charge < -0.3 is 4.90 Å². The molecule has 1 aromatic rings. The second-order valence-electron chi connectivity index (χ2n) is 6.06. The van der Waals surface area contributed by atoms with Crippen molar-refractivity contribution in [3.63, 3.8) is 0 Å². The highest BCUT2D eigenvalue weighted by molar-refractivity contribution is 8.01. The molecule has 19 heavy (non-hydrogen) atoms. The fourth-order valence-electron chi connectivity index (χ4n) is 2.45. The molecule has 1 aliphatic heterocycles. The summed E-state index contributed by atoms with van der Waals surface area (Å²) in [5.74, 6) is 0.874. The van der Waals surface area contributed by atoms with Crippen LogP contribution >= 0.6 is 11.8 Å². The van der Waals surface area contributed by atoms with Crippen LogP contribution in [0.1, 0.15) is 45.2 Å². The van der Waals surface area contributed by atoms with E-state index < -0.39 is 0 Å². The molecule has 1 heterocycles. The standard InChI is InChI=1S/C16H23NOS/c1-16(2,3)19-12-15(18)17-11-7-10-14(17)13-8-5-4-6-9-13/h4-6,8-9,14H,7,10-12H2,1-3H3. The molecule has 104 valence electrons. The van der Waals surface area contributed by atoms with Crippen molar-refractivity contribution in [1.82, 2.24) is 4.90 Å². The molecule has 0 N–H and O–H groups in total. The first-order chi connectivity index (χ1) is 8.97. The average molecular weight is 277 g/mol. The highest BCUT2D eigenvalue weighted by atomic mass is 32.2. The van der Waals surface area contributed by atoms with Crippen molar-refractivity contribution in [2.24, 2.45) is 0 Å². The Morgan fingerprint density at radius 3 is 2.63 bits per heavy atom. The van der Waals surface area contributed by atoms with E-state index in [2.05, 4.69) is 49.9 Å². The Morgan fingerprint density at radius 2 is 2.00 bits per heavy atom. The van der Waals surface area contributed by atoms with Crippen LogP contribution in [0.5, 0.6) is 0 Å². The van der Waals surface area contributed by atoms with Crippen LogP contribution in [0.4, 0.5) is 0 Å². The number of carbonyl (C=O) groups excluding carboxylic acids is 1. The molecule has 1 atom stereocenters. The summed E-state index contributed by atoms with van der Waals surface area (Å²) >= 11 is 1.73. The normalized spacial score (nSPS) is 19.7. The zero-order valence-electron chi connectivity index (χ0n) is 12.1. The predicted molar refractivity (Wildman–Crippen MR) is 82.3 cm³/mol. The molecule has 0 saturated carbocycles. The number of thioether (sulfide) groups is 1. The van der Waals surface area contributed by atoms with E-state index in [1.807, 2.05) is 6.07 Å². The largest absolute Gasteiger partial charge is 0.335 e. The van der Waals surface area contributed by atoms with Gasteiger partial charge in [-0.1, -0.05) is 51.1 Å². The number of amides is 1. The fraction of sp³-hybridized carbons (Fsp3) is 0.562. The van der Waals surface area contributed by atoms with E-state index in [0.29, 0.717) is 5.75 Å². The van der Waals surface area contributed by atoms with E-state index in [9.17, 15) is 4.79 Å². The molecule has 0 aliphatic carbocycles. The molecule has 0 bridgehead atoms. The Kier molecular flexibility index (Phi) is 4.56. The van der Waals surface area contributed by atoms with Crippen molar-refractivity contribution in [3.8, 4) is 0 Å². The van der Waals surface area contributed by atoms with Crippen LogP contribution in [0.25, 0.3) is 0 Å². The predicted octanol–water partition coefficient (Wildman–Crippen LogP) is 3.88. The molecule has 2 nitrogen and oxygen atoms in total. The summed E-state index contributed by atoms with van der Waals surface area (Å²) in [7, 11) is 0. The number of rotatable bonds is 3. The van der Waals surface area contributed by atoms with Crippen LogP contribution in [0.15, 0.2) is 30.3 Å². The Labute approximate surface area is 120 Å². The molecular weight excluding hydrogens is 254 g/mol. The lowest BCUT2D eigenvalue weighted by Gasteiger charge is -2.26. The molecule has 1 saturated heterocycles. The molecule has 1 fully saturated rings. The van der Waals surface area contributed by atoms with E-state index in [1.54, 1.807) is 11.8 Å².